The van der Waals surface area contributed by atoms with Crippen LogP contribution in [0.5, 0.6) is 11.5 Å². The van der Waals surface area contributed by atoms with Gasteiger partial charge in [0.05, 0.1) is 0 Å². The van der Waals surface area contributed by atoms with Gasteiger partial charge in [-0.15, -0.1) is 0 Å². The third-order valence-corrected chi connectivity index (χ3v) is 3.38. The summed E-state index contributed by atoms with van der Waals surface area (Å²) in [7, 11) is 0. The predicted molar refractivity (Wildman–Crippen MR) is 68.8 cm³/mol. The molecule has 2 rings (SSSR count). The molecule has 1 fully saturated rings. The Hall–Kier alpha value is -1.71. The third-order valence-electron chi connectivity index (χ3n) is 3.38. The highest BCUT2D eigenvalue weighted by Gasteiger charge is 2.22. The monoisotopic (exact) mass is 249 g/mol. The van der Waals surface area contributed by atoms with E-state index in [-0.39, 0.29) is 23.0 Å². The van der Waals surface area contributed by atoms with Crippen LogP contribution in [0.4, 0.5) is 0 Å². The molecule has 0 aromatic heterocycles. The van der Waals surface area contributed by atoms with Crippen molar-refractivity contribution in [1.82, 2.24) is 4.90 Å². The van der Waals surface area contributed by atoms with Crippen LogP contribution in [-0.2, 0) is 0 Å². The van der Waals surface area contributed by atoms with Gasteiger partial charge in [-0.2, -0.15) is 0 Å². The number of aromatic hydroxyl groups is 2. The molecule has 0 aliphatic carbocycles. The lowest BCUT2D eigenvalue weighted by molar-refractivity contribution is 0.0736. The van der Waals surface area contributed by atoms with E-state index in [0.29, 0.717) is 13.1 Å². The second-order valence-electron chi connectivity index (χ2n) is 4.73. The van der Waals surface area contributed by atoms with Gasteiger partial charge in [-0.25, -0.2) is 0 Å². The number of phenolic OH excluding ortho intramolecular Hbond substituents is 2. The Bertz CT molecular complexity index is 403. The summed E-state index contributed by atoms with van der Waals surface area (Å²) in [6, 6.07) is 4.38. The fourth-order valence-electron chi connectivity index (χ4n) is 2.36. The molecular weight excluding hydrogens is 230 g/mol. The topological polar surface area (TPSA) is 60.8 Å². The van der Waals surface area contributed by atoms with Gasteiger partial charge in [-0.1, -0.05) is 25.3 Å². The summed E-state index contributed by atoms with van der Waals surface area (Å²) in [6.07, 6.45) is 5.47. The lowest BCUT2D eigenvalue weighted by Crippen LogP contribution is -2.33. The van der Waals surface area contributed by atoms with Crippen molar-refractivity contribution in [3.63, 3.8) is 0 Å². The minimum absolute atomic E-state index is 0.0260. The minimum atomic E-state index is -0.271. The summed E-state index contributed by atoms with van der Waals surface area (Å²) in [6.45, 7) is 1.40. The van der Waals surface area contributed by atoms with E-state index in [0.717, 1.165) is 25.7 Å². The third kappa shape index (κ3) is 2.75. The molecule has 0 saturated carbocycles. The van der Waals surface area contributed by atoms with E-state index in [9.17, 15) is 15.0 Å². The first-order chi connectivity index (χ1) is 8.70. The molecule has 1 aromatic rings. The number of nitrogens with zero attached hydrogens (tertiary/aromatic N) is 1. The zero-order valence-electron chi connectivity index (χ0n) is 10.4. The van der Waals surface area contributed by atoms with Crippen molar-refractivity contribution in [2.24, 2.45) is 0 Å². The predicted octanol–water partition coefficient (Wildman–Crippen LogP) is 2.50. The molecule has 4 nitrogen and oxygen atoms in total. The summed E-state index contributed by atoms with van der Waals surface area (Å²) in [5, 5.41) is 19.4. The Morgan fingerprint density at radius 1 is 0.944 bits per heavy atom. The van der Waals surface area contributed by atoms with Crippen molar-refractivity contribution in [2.45, 2.75) is 32.1 Å². The number of hydrogen-bond donors (Lipinski definition) is 2. The molecule has 1 amide bonds. The van der Waals surface area contributed by atoms with Gasteiger partial charge in [0.25, 0.3) is 5.91 Å². The molecule has 18 heavy (non-hydrogen) atoms. The number of benzene rings is 1. The molecular formula is C14H19NO3. The van der Waals surface area contributed by atoms with Gasteiger partial charge in [0.15, 0.2) is 0 Å². The molecule has 0 spiro atoms. The van der Waals surface area contributed by atoms with Crippen molar-refractivity contribution in [2.75, 3.05) is 13.1 Å². The number of carbonyl (C=O) groups excluding carboxylic acids is 1. The van der Waals surface area contributed by atoms with Gasteiger partial charge >= 0.3 is 0 Å². The Balaban J connectivity index is 2.18. The van der Waals surface area contributed by atoms with Crippen molar-refractivity contribution in [1.29, 1.82) is 0 Å². The first-order valence-corrected chi connectivity index (χ1v) is 6.50. The first kappa shape index (κ1) is 12.7. The Kier molecular flexibility index (Phi) is 4.07. The summed E-state index contributed by atoms with van der Waals surface area (Å²) in [5.74, 6) is -0.573. The maximum absolute atomic E-state index is 12.3. The molecule has 98 valence electrons. The van der Waals surface area contributed by atoms with Crippen LogP contribution in [-0.4, -0.2) is 34.1 Å². The molecule has 1 heterocycles. The van der Waals surface area contributed by atoms with Crippen LogP contribution in [0, 0.1) is 0 Å². The fraction of sp³-hybridized carbons (Fsp3) is 0.500. The summed E-state index contributed by atoms with van der Waals surface area (Å²) < 4.78 is 0. The average molecular weight is 249 g/mol. The van der Waals surface area contributed by atoms with E-state index in [2.05, 4.69) is 0 Å². The minimum Gasteiger partial charge on any atom is -0.507 e. The molecule has 0 bridgehead atoms. The molecule has 0 radical (unpaired) electrons. The molecule has 2 N–H and O–H groups in total. The van der Waals surface area contributed by atoms with Crippen LogP contribution in [0.15, 0.2) is 18.2 Å². The van der Waals surface area contributed by atoms with Crippen molar-refractivity contribution < 1.29 is 15.0 Å². The van der Waals surface area contributed by atoms with Crippen molar-refractivity contribution in [3.05, 3.63) is 23.8 Å². The van der Waals surface area contributed by atoms with E-state index < -0.39 is 0 Å². The fourth-order valence-corrected chi connectivity index (χ4v) is 2.36. The van der Waals surface area contributed by atoms with E-state index in [1.165, 1.54) is 24.6 Å². The second-order valence-corrected chi connectivity index (χ2v) is 4.73. The zero-order valence-corrected chi connectivity index (χ0v) is 10.4. The summed E-state index contributed by atoms with van der Waals surface area (Å²) >= 11 is 0. The normalized spacial score (nSPS) is 17.0. The lowest BCUT2D eigenvalue weighted by Gasteiger charge is -2.25. The highest BCUT2D eigenvalue weighted by atomic mass is 16.3. The summed E-state index contributed by atoms with van der Waals surface area (Å²) in [5.41, 5.74) is 0.0260. The van der Waals surface area contributed by atoms with Crippen molar-refractivity contribution >= 4 is 5.91 Å². The molecule has 1 aromatic carbocycles. The quantitative estimate of drug-likeness (QED) is 0.804. The highest BCUT2D eigenvalue weighted by molar-refractivity contribution is 5.99. The molecule has 1 aliphatic heterocycles. The maximum atomic E-state index is 12.3. The molecule has 0 atom stereocenters. The number of phenols is 2. The average Bonchev–Trinajstić information content (AvgIpc) is 2.27. The Morgan fingerprint density at radius 3 is 2.00 bits per heavy atom. The van der Waals surface area contributed by atoms with Gasteiger partial charge < -0.3 is 15.1 Å². The van der Waals surface area contributed by atoms with E-state index in [4.69, 9.17) is 0 Å². The number of likely N-dealkylation sites (tertiary alicyclic amines) is 1. The molecule has 0 unspecified atom stereocenters. The van der Waals surface area contributed by atoms with Gasteiger partial charge in [-0.3, -0.25) is 4.79 Å². The molecule has 1 saturated heterocycles. The van der Waals surface area contributed by atoms with Gasteiger partial charge in [0, 0.05) is 13.1 Å². The molecule has 4 heteroatoms. The van der Waals surface area contributed by atoms with E-state index >= 15 is 0 Å². The van der Waals surface area contributed by atoms with Crippen LogP contribution in [0.2, 0.25) is 0 Å². The van der Waals surface area contributed by atoms with Crippen LogP contribution in [0.25, 0.3) is 0 Å². The largest absolute Gasteiger partial charge is 0.507 e. The van der Waals surface area contributed by atoms with Crippen LogP contribution >= 0.6 is 0 Å². The standard InChI is InChI=1S/C14H19NO3/c16-11-7-6-8-12(17)13(11)14(18)15-9-4-2-1-3-5-10-15/h6-8,16-17H,1-5,9-10H2. The van der Waals surface area contributed by atoms with E-state index in [1.807, 2.05) is 0 Å². The zero-order chi connectivity index (χ0) is 13.0. The Labute approximate surface area is 107 Å². The van der Waals surface area contributed by atoms with Crippen LogP contribution in [0.3, 0.4) is 0 Å². The first-order valence-electron chi connectivity index (χ1n) is 6.50. The Morgan fingerprint density at radius 2 is 1.44 bits per heavy atom. The highest BCUT2D eigenvalue weighted by Crippen LogP contribution is 2.28. The lowest BCUT2D eigenvalue weighted by atomic mass is 10.1. The molecule has 1 aliphatic rings. The number of carbonyl (C=O) groups is 1. The smallest absolute Gasteiger partial charge is 0.261 e. The number of amides is 1. The summed E-state index contributed by atoms with van der Waals surface area (Å²) in [4.78, 5) is 14.0. The van der Waals surface area contributed by atoms with Crippen LogP contribution in [0.1, 0.15) is 42.5 Å². The van der Waals surface area contributed by atoms with Crippen LogP contribution < -0.4 is 0 Å². The van der Waals surface area contributed by atoms with Gasteiger partial charge in [-0.05, 0) is 25.0 Å². The number of hydrogen-bond acceptors (Lipinski definition) is 3. The maximum Gasteiger partial charge on any atom is 0.261 e. The van der Waals surface area contributed by atoms with Crippen molar-refractivity contribution in [3.8, 4) is 11.5 Å². The second kappa shape index (κ2) is 5.76. The van der Waals surface area contributed by atoms with Gasteiger partial charge in [0.1, 0.15) is 17.1 Å². The SMILES string of the molecule is O=C(c1c(O)cccc1O)N1CCCCCCC1. The van der Waals surface area contributed by atoms with Gasteiger partial charge in [0.2, 0.25) is 0 Å². The number of rotatable bonds is 1. The van der Waals surface area contributed by atoms with E-state index in [1.54, 1.807) is 4.90 Å².